The predicted octanol–water partition coefficient (Wildman–Crippen LogP) is 2.18. The Hall–Kier alpha value is -2.14. The Morgan fingerprint density at radius 1 is 1.35 bits per heavy atom. The summed E-state index contributed by atoms with van der Waals surface area (Å²) in [4.78, 5) is 12.4. The van der Waals surface area contributed by atoms with E-state index in [0.29, 0.717) is 18.8 Å². The van der Waals surface area contributed by atoms with Crippen LogP contribution < -0.4 is 10.6 Å². The van der Waals surface area contributed by atoms with Gasteiger partial charge in [-0.05, 0) is 38.6 Å². The van der Waals surface area contributed by atoms with Gasteiger partial charge in [0.1, 0.15) is 5.69 Å². The molecule has 0 saturated carbocycles. The minimum Gasteiger partial charge on any atom is -0.320 e. The van der Waals surface area contributed by atoms with Crippen molar-refractivity contribution in [3.05, 3.63) is 47.3 Å². The molecule has 0 aliphatic rings. The van der Waals surface area contributed by atoms with Gasteiger partial charge in [-0.3, -0.25) is 9.48 Å². The first-order valence-corrected chi connectivity index (χ1v) is 6.74. The normalized spacial score (nSPS) is 10.6. The van der Waals surface area contributed by atoms with Crippen LogP contribution in [0.25, 0.3) is 0 Å². The maximum Gasteiger partial charge on any atom is 0.273 e. The Kier molecular flexibility index (Phi) is 4.53. The Bertz CT molecular complexity index is 604. The molecule has 1 aromatic carbocycles. The summed E-state index contributed by atoms with van der Waals surface area (Å²) >= 11 is 0. The number of aryl methyl sites for hydroxylation is 2. The molecular formula is C15H20N4O. The van der Waals surface area contributed by atoms with Crippen LogP contribution in [0.2, 0.25) is 0 Å². The number of nitrogens with one attached hydrogen (secondary N) is 2. The van der Waals surface area contributed by atoms with Crippen LogP contribution in [-0.4, -0.2) is 22.7 Å². The van der Waals surface area contributed by atoms with E-state index in [-0.39, 0.29) is 5.91 Å². The van der Waals surface area contributed by atoms with Crippen molar-refractivity contribution in [1.82, 2.24) is 15.1 Å². The van der Waals surface area contributed by atoms with E-state index in [9.17, 15) is 4.79 Å². The summed E-state index contributed by atoms with van der Waals surface area (Å²) in [6, 6.07) is 9.58. The number of anilines is 1. The van der Waals surface area contributed by atoms with Gasteiger partial charge in [-0.15, -0.1) is 0 Å². The molecule has 2 N–H and O–H groups in total. The summed E-state index contributed by atoms with van der Waals surface area (Å²) < 4.78 is 1.71. The molecule has 0 aliphatic heterocycles. The van der Waals surface area contributed by atoms with Gasteiger partial charge in [-0.1, -0.05) is 18.2 Å². The summed E-state index contributed by atoms with van der Waals surface area (Å²) in [6.07, 6.45) is 0. The van der Waals surface area contributed by atoms with E-state index in [1.54, 1.807) is 10.7 Å². The summed E-state index contributed by atoms with van der Waals surface area (Å²) in [5.74, 6) is -0.129. The van der Waals surface area contributed by atoms with E-state index in [4.69, 9.17) is 0 Å². The SMILES string of the molecule is CCn1nc(C)cc1C(=O)Nc1ccccc1CNC. The quantitative estimate of drug-likeness (QED) is 0.877. The standard InChI is InChI=1S/C15H20N4O/c1-4-19-14(9-11(2)18-19)15(20)17-13-8-6-5-7-12(13)10-16-3/h5-9,16H,4,10H2,1-3H3,(H,17,20). The first-order valence-electron chi connectivity index (χ1n) is 6.74. The zero-order valence-corrected chi connectivity index (χ0v) is 12.1. The van der Waals surface area contributed by atoms with Crippen LogP contribution >= 0.6 is 0 Å². The lowest BCUT2D eigenvalue weighted by atomic mass is 10.1. The molecule has 0 aliphatic carbocycles. The van der Waals surface area contributed by atoms with Gasteiger partial charge in [-0.2, -0.15) is 5.10 Å². The van der Waals surface area contributed by atoms with Crippen molar-refractivity contribution in [2.45, 2.75) is 26.9 Å². The lowest BCUT2D eigenvalue weighted by Crippen LogP contribution is -2.19. The van der Waals surface area contributed by atoms with Crippen LogP contribution in [-0.2, 0) is 13.1 Å². The second-order valence-corrected chi connectivity index (χ2v) is 4.63. The van der Waals surface area contributed by atoms with E-state index in [2.05, 4.69) is 15.7 Å². The Morgan fingerprint density at radius 3 is 2.80 bits per heavy atom. The average molecular weight is 272 g/mol. The number of amides is 1. The molecule has 5 nitrogen and oxygen atoms in total. The summed E-state index contributed by atoms with van der Waals surface area (Å²) in [7, 11) is 1.88. The Labute approximate surface area is 119 Å². The predicted molar refractivity (Wildman–Crippen MR) is 79.8 cm³/mol. The minimum atomic E-state index is -0.129. The molecule has 2 rings (SSSR count). The third kappa shape index (κ3) is 3.05. The molecule has 0 bridgehead atoms. The molecule has 1 heterocycles. The van der Waals surface area contributed by atoms with Crippen molar-refractivity contribution in [2.24, 2.45) is 0 Å². The van der Waals surface area contributed by atoms with E-state index in [1.807, 2.05) is 45.2 Å². The fourth-order valence-electron chi connectivity index (χ4n) is 2.14. The Balaban J connectivity index is 2.23. The van der Waals surface area contributed by atoms with Gasteiger partial charge in [0.05, 0.1) is 5.69 Å². The monoisotopic (exact) mass is 272 g/mol. The highest BCUT2D eigenvalue weighted by molar-refractivity contribution is 6.03. The molecular weight excluding hydrogens is 252 g/mol. The third-order valence-corrected chi connectivity index (χ3v) is 3.07. The number of hydrogen-bond acceptors (Lipinski definition) is 3. The van der Waals surface area contributed by atoms with E-state index in [0.717, 1.165) is 16.9 Å². The van der Waals surface area contributed by atoms with Crippen molar-refractivity contribution < 1.29 is 4.79 Å². The molecule has 2 aromatic rings. The number of carbonyl (C=O) groups excluding carboxylic acids is 1. The van der Waals surface area contributed by atoms with Crippen molar-refractivity contribution in [1.29, 1.82) is 0 Å². The molecule has 0 radical (unpaired) electrons. The van der Waals surface area contributed by atoms with Gasteiger partial charge < -0.3 is 10.6 Å². The highest BCUT2D eigenvalue weighted by Gasteiger charge is 2.14. The zero-order chi connectivity index (χ0) is 14.5. The molecule has 0 atom stereocenters. The number of rotatable bonds is 5. The zero-order valence-electron chi connectivity index (χ0n) is 12.1. The molecule has 1 amide bonds. The van der Waals surface area contributed by atoms with Crippen molar-refractivity contribution >= 4 is 11.6 Å². The van der Waals surface area contributed by atoms with Crippen LogP contribution in [0.3, 0.4) is 0 Å². The third-order valence-electron chi connectivity index (χ3n) is 3.07. The van der Waals surface area contributed by atoms with E-state index >= 15 is 0 Å². The van der Waals surface area contributed by atoms with Crippen LogP contribution in [0.5, 0.6) is 0 Å². The first-order chi connectivity index (χ1) is 9.65. The Morgan fingerprint density at radius 2 is 2.10 bits per heavy atom. The molecule has 0 fully saturated rings. The number of carbonyl (C=O) groups is 1. The summed E-state index contributed by atoms with van der Waals surface area (Å²) in [5.41, 5.74) is 3.32. The molecule has 0 spiro atoms. The lowest BCUT2D eigenvalue weighted by molar-refractivity contribution is 0.101. The van der Waals surface area contributed by atoms with Crippen LogP contribution in [0.15, 0.2) is 30.3 Å². The highest BCUT2D eigenvalue weighted by Crippen LogP contribution is 2.16. The maximum absolute atomic E-state index is 12.4. The molecule has 5 heteroatoms. The molecule has 0 saturated heterocycles. The number of para-hydroxylation sites is 1. The molecule has 20 heavy (non-hydrogen) atoms. The highest BCUT2D eigenvalue weighted by atomic mass is 16.2. The van der Waals surface area contributed by atoms with E-state index in [1.165, 1.54) is 0 Å². The second kappa shape index (κ2) is 6.34. The minimum absolute atomic E-state index is 0.129. The van der Waals surface area contributed by atoms with Gasteiger partial charge >= 0.3 is 0 Å². The second-order valence-electron chi connectivity index (χ2n) is 4.63. The number of nitrogens with zero attached hydrogens (tertiary/aromatic N) is 2. The summed E-state index contributed by atoms with van der Waals surface area (Å²) in [6.45, 7) is 5.24. The van der Waals surface area contributed by atoms with Gasteiger partial charge in [0.2, 0.25) is 0 Å². The fraction of sp³-hybridized carbons (Fsp3) is 0.333. The first kappa shape index (κ1) is 14.3. The largest absolute Gasteiger partial charge is 0.320 e. The topological polar surface area (TPSA) is 59.0 Å². The lowest BCUT2D eigenvalue weighted by Gasteiger charge is -2.11. The van der Waals surface area contributed by atoms with Gasteiger partial charge in [0.25, 0.3) is 5.91 Å². The van der Waals surface area contributed by atoms with Gasteiger partial charge in [0, 0.05) is 18.8 Å². The number of hydrogen-bond donors (Lipinski definition) is 2. The van der Waals surface area contributed by atoms with Crippen molar-refractivity contribution in [3.8, 4) is 0 Å². The van der Waals surface area contributed by atoms with Gasteiger partial charge in [-0.25, -0.2) is 0 Å². The van der Waals surface area contributed by atoms with Crippen molar-refractivity contribution in [3.63, 3.8) is 0 Å². The number of benzene rings is 1. The van der Waals surface area contributed by atoms with E-state index < -0.39 is 0 Å². The fourth-order valence-corrected chi connectivity index (χ4v) is 2.14. The maximum atomic E-state index is 12.4. The average Bonchev–Trinajstić information content (AvgIpc) is 2.82. The molecule has 1 aromatic heterocycles. The molecule has 0 unspecified atom stereocenters. The smallest absolute Gasteiger partial charge is 0.273 e. The van der Waals surface area contributed by atoms with Crippen molar-refractivity contribution in [2.75, 3.05) is 12.4 Å². The van der Waals surface area contributed by atoms with Crippen LogP contribution in [0.4, 0.5) is 5.69 Å². The summed E-state index contributed by atoms with van der Waals surface area (Å²) in [5, 5.41) is 10.3. The molecule has 106 valence electrons. The van der Waals surface area contributed by atoms with Crippen LogP contribution in [0, 0.1) is 6.92 Å². The number of aromatic nitrogens is 2. The van der Waals surface area contributed by atoms with Gasteiger partial charge in [0.15, 0.2) is 0 Å². The van der Waals surface area contributed by atoms with Crippen LogP contribution in [0.1, 0.15) is 28.7 Å².